The summed E-state index contributed by atoms with van der Waals surface area (Å²) in [7, 11) is 3.06. The van der Waals surface area contributed by atoms with E-state index >= 15 is 0 Å². The molecule has 0 bridgehead atoms. The zero-order valence-electron chi connectivity index (χ0n) is 18.6. The van der Waals surface area contributed by atoms with Crippen LogP contribution in [0.1, 0.15) is 23.9 Å². The zero-order chi connectivity index (χ0) is 22.5. The number of hydrogen-bond acceptors (Lipinski definition) is 5. The molecule has 0 saturated carbocycles. The fraction of sp³-hybridized carbons (Fsp3) is 0.348. The summed E-state index contributed by atoms with van der Waals surface area (Å²) < 4.78 is 10.6. The predicted octanol–water partition coefficient (Wildman–Crippen LogP) is 1.60. The molecule has 0 spiro atoms. The van der Waals surface area contributed by atoms with Gasteiger partial charge in [0.25, 0.3) is 11.5 Å². The Balaban J connectivity index is 1.77. The minimum absolute atomic E-state index is 0.0867. The van der Waals surface area contributed by atoms with E-state index in [2.05, 4.69) is 21.4 Å². The smallest absolute Gasteiger partial charge is 0.279 e. The van der Waals surface area contributed by atoms with Crippen LogP contribution in [0, 0.1) is 13.8 Å². The third-order valence-electron chi connectivity index (χ3n) is 5.09. The number of aromatic nitrogens is 2. The molecule has 1 amide bonds. The standard InChI is InChI=1S/C23H28N4O4/c1-6-27(13-22(28)24-16-8-14(2)7-15(3)9-16)12-21-25-18-11-20(31-5)19(30-4)10-17(18)23(29)26-21/h7-11H,6,12-13H2,1-5H3,(H,24,28)(H,25,26,29)/p+1. The average Bonchev–Trinajstić information content (AvgIpc) is 2.71. The maximum Gasteiger partial charge on any atom is 0.279 e. The molecule has 164 valence electrons. The van der Waals surface area contributed by atoms with Crippen LogP contribution in [0.5, 0.6) is 11.5 Å². The molecule has 0 fully saturated rings. The molecule has 8 nitrogen and oxygen atoms in total. The number of amides is 1. The van der Waals surface area contributed by atoms with E-state index in [1.54, 1.807) is 12.1 Å². The van der Waals surface area contributed by atoms with Crippen LogP contribution >= 0.6 is 0 Å². The highest BCUT2D eigenvalue weighted by Gasteiger charge is 2.17. The SMILES string of the molecule is CC[NH+](CC(=O)Nc1cc(C)cc(C)c1)Cc1nc2cc(OC)c(OC)cc2c(=O)[nH]1. The second-order valence-electron chi connectivity index (χ2n) is 7.62. The van der Waals surface area contributed by atoms with E-state index in [0.29, 0.717) is 41.3 Å². The van der Waals surface area contributed by atoms with Gasteiger partial charge in [-0.05, 0) is 50.1 Å². The van der Waals surface area contributed by atoms with Crippen molar-refractivity contribution in [3.05, 3.63) is 57.6 Å². The summed E-state index contributed by atoms with van der Waals surface area (Å²) in [5, 5.41) is 3.38. The summed E-state index contributed by atoms with van der Waals surface area (Å²) in [5.41, 5.74) is 3.25. The van der Waals surface area contributed by atoms with Gasteiger partial charge in [-0.25, -0.2) is 4.98 Å². The van der Waals surface area contributed by atoms with Crippen LogP contribution < -0.4 is 25.2 Å². The highest BCUT2D eigenvalue weighted by molar-refractivity contribution is 5.91. The normalized spacial score (nSPS) is 11.9. The number of H-pyrrole nitrogens is 1. The summed E-state index contributed by atoms with van der Waals surface area (Å²) in [5.74, 6) is 1.41. The number of nitrogens with zero attached hydrogens (tertiary/aromatic N) is 1. The Morgan fingerprint density at radius 1 is 1.06 bits per heavy atom. The molecule has 1 heterocycles. The lowest BCUT2D eigenvalue weighted by Gasteiger charge is -2.17. The Kier molecular flexibility index (Phi) is 6.91. The molecule has 3 rings (SSSR count). The molecule has 8 heteroatoms. The minimum atomic E-state index is -0.254. The largest absolute Gasteiger partial charge is 0.493 e. The highest BCUT2D eigenvalue weighted by atomic mass is 16.5. The van der Waals surface area contributed by atoms with Crippen molar-refractivity contribution in [1.29, 1.82) is 0 Å². The molecule has 0 aliphatic heterocycles. The molecule has 1 atom stereocenters. The number of aryl methyl sites for hydroxylation is 2. The number of ether oxygens (including phenoxy) is 2. The molecule has 31 heavy (non-hydrogen) atoms. The van der Waals surface area contributed by atoms with E-state index in [4.69, 9.17) is 9.47 Å². The third-order valence-corrected chi connectivity index (χ3v) is 5.09. The van der Waals surface area contributed by atoms with E-state index in [1.807, 2.05) is 32.9 Å². The van der Waals surface area contributed by atoms with Crippen LogP contribution in [0.25, 0.3) is 10.9 Å². The van der Waals surface area contributed by atoms with Crippen molar-refractivity contribution in [1.82, 2.24) is 9.97 Å². The van der Waals surface area contributed by atoms with E-state index in [9.17, 15) is 9.59 Å². The number of rotatable bonds is 8. The van der Waals surface area contributed by atoms with E-state index in [-0.39, 0.29) is 18.0 Å². The number of aromatic amines is 1. The molecular formula is C23H29N4O4+. The lowest BCUT2D eigenvalue weighted by molar-refractivity contribution is -0.904. The van der Waals surface area contributed by atoms with Crippen LogP contribution in [-0.2, 0) is 11.3 Å². The number of benzene rings is 2. The van der Waals surface area contributed by atoms with Gasteiger partial charge in [0, 0.05) is 11.8 Å². The maximum atomic E-state index is 12.6. The van der Waals surface area contributed by atoms with Gasteiger partial charge in [0.05, 0.1) is 31.7 Å². The van der Waals surface area contributed by atoms with Gasteiger partial charge in [0.1, 0.15) is 6.54 Å². The molecular weight excluding hydrogens is 396 g/mol. The Bertz CT molecular complexity index is 1140. The number of carbonyl (C=O) groups is 1. The second kappa shape index (κ2) is 9.61. The summed E-state index contributed by atoms with van der Waals surface area (Å²) in [6.07, 6.45) is 0. The molecule has 0 radical (unpaired) electrons. The molecule has 3 aromatic rings. The molecule has 0 aliphatic rings. The first kappa shape index (κ1) is 22.3. The predicted molar refractivity (Wildman–Crippen MR) is 120 cm³/mol. The summed E-state index contributed by atoms with van der Waals surface area (Å²) >= 11 is 0. The molecule has 2 aromatic carbocycles. The fourth-order valence-electron chi connectivity index (χ4n) is 3.63. The number of methoxy groups -OCH3 is 2. The van der Waals surface area contributed by atoms with Crippen molar-refractivity contribution in [3.63, 3.8) is 0 Å². The lowest BCUT2D eigenvalue weighted by atomic mass is 10.1. The van der Waals surface area contributed by atoms with E-state index < -0.39 is 0 Å². The van der Waals surface area contributed by atoms with Gasteiger partial charge in [-0.1, -0.05) is 6.07 Å². The third kappa shape index (κ3) is 5.40. The molecule has 1 aromatic heterocycles. The van der Waals surface area contributed by atoms with Gasteiger partial charge < -0.3 is 24.7 Å². The van der Waals surface area contributed by atoms with Crippen molar-refractivity contribution < 1.29 is 19.2 Å². The number of quaternary nitrogens is 1. The first-order valence-electron chi connectivity index (χ1n) is 10.2. The van der Waals surface area contributed by atoms with Gasteiger partial charge in [-0.2, -0.15) is 0 Å². The van der Waals surface area contributed by atoms with Crippen molar-refractivity contribution >= 4 is 22.5 Å². The number of likely N-dealkylation sites (N-methyl/N-ethyl adjacent to an activating group) is 1. The Morgan fingerprint density at radius 3 is 2.32 bits per heavy atom. The topological polar surface area (TPSA) is 97.8 Å². The first-order valence-corrected chi connectivity index (χ1v) is 10.2. The Morgan fingerprint density at radius 2 is 1.71 bits per heavy atom. The summed E-state index contributed by atoms with van der Waals surface area (Å²) in [6, 6.07) is 9.25. The number of anilines is 1. The number of carbonyl (C=O) groups excluding carboxylic acids is 1. The van der Waals surface area contributed by atoms with Crippen LogP contribution in [0.2, 0.25) is 0 Å². The van der Waals surface area contributed by atoms with Gasteiger partial charge in [0.15, 0.2) is 23.9 Å². The Hall–Kier alpha value is -3.39. The van der Waals surface area contributed by atoms with Gasteiger partial charge >= 0.3 is 0 Å². The van der Waals surface area contributed by atoms with Gasteiger partial charge in [-0.15, -0.1) is 0 Å². The maximum absolute atomic E-state index is 12.6. The Labute approximate surface area is 181 Å². The number of hydrogen-bond donors (Lipinski definition) is 3. The average molecular weight is 426 g/mol. The van der Waals surface area contributed by atoms with Crippen molar-refractivity contribution in [3.8, 4) is 11.5 Å². The van der Waals surface area contributed by atoms with Crippen molar-refractivity contribution in [2.24, 2.45) is 0 Å². The molecule has 1 unspecified atom stereocenters. The van der Waals surface area contributed by atoms with Crippen LogP contribution in [0.15, 0.2) is 35.1 Å². The minimum Gasteiger partial charge on any atom is -0.493 e. The second-order valence-corrected chi connectivity index (χ2v) is 7.62. The molecule has 0 saturated heterocycles. The monoisotopic (exact) mass is 425 g/mol. The highest BCUT2D eigenvalue weighted by Crippen LogP contribution is 2.29. The van der Waals surface area contributed by atoms with Crippen LogP contribution in [-0.4, -0.2) is 43.2 Å². The number of fused-ring (bicyclic) bond motifs is 1. The van der Waals surface area contributed by atoms with Crippen molar-refractivity contribution in [2.75, 3.05) is 32.6 Å². The van der Waals surface area contributed by atoms with Crippen LogP contribution in [0.3, 0.4) is 0 Å². The van der Waals surface area contributed by atoms with E-state index in [0.717, 1.165) is 21.7 Å². The molecule has 3 N–H and O–H groups in total. The molecule has 0 aliphatic carbocycles. The fourth-order valence-corrected chi connectivity index (χ4v) is 3.63. The van der Waals surface area contributed by atoms with E-state index in [1.165, 1.54) is 14.2 Å². The lowest BCUT2D eigenvalue weighted by Crippen LogP contribution is -3.11. The number of nitrogens with one attached hydrogen (secondary N) is 3. The van der Waals surface area contributed by atoms with Crippen LogP contribution in [0.4, 0.5) is 5.69 Å². The summed E-state index contributed by atoms with van der Waals surface area (Å²) in [6.45, 7) is 7.37. The van der Waals surface area contributed by atoms with Gasteiger partial charge in [-0.3, -0.25) is 9.59 Å². The quantitative estimate of drug-likeness (QED) is 0.509. The zero-order valence-corrected chi connectivity index (χ0v) is 18.6. The van der Waals surface area contributed by atoms with Crippen molar-refractivity contribution in [2.45, 2.75) is 27.3 Å². The van der Waals surface area contributed by atoms with Gasteiger partial charge in [0.2, 0.25) is 0 Å². The summed E-state index contributed by atoms with van der Waals surface area (Å²) in [4.78, 5) is 33.5. The first-order chi connectivity index (χ1) is 14.8.